The van der Waals surface area contributed by atoms with Crippen molar-refractivity contribution in [2.24, 2.45) is 0 Å². The molecule has 0 aliphatic rings. The fourth-order valence-electron chi connectivity index (χ4n) is 0.627. The Hall–Kier alpha value is -0.830. The summed E-state index contributed by atoms with van der Waals surface area (Å²) < 4.78 is 4.69. The second-order valence-corrected chi connectivity index (χ2v) is 2.00. The van der Waals surface area contributed by atoms with Crippen molar-refractivity contribution >= 4 is 5.97 Å². The maximum Gasteiger partial charge on any atom is 0.306 e. The molecule has 1 N–H and O–H groups in total. The minimum atomic E-state index is -0.185. The Morgan fingerprint density at radius 3 is 2.82 bits per heavy atom. The summed E-state index contributed by atoms with van der Waals surface area (Å²) in [5.41, 5.74) is 0. The summed E-state index contributed by atoms with van der Waals surface area (Å²) in [6.45, 7) is 2.24. The molecular weight excluding hydrogens is 144 g/mol. The highest BCUT2D eigenvalue weighted by Crippen LogP contribution is 1.93. The van der Waals surface area contributed by atoms with Crippen LogP contribution in [0.2, 0.25) is 0 Å². The largest absolute Gasteiger partial charge is 0.466 e. The summed E-state index contributed by atoms with van der Waals surface area (Å²) in [6, 6.07) is 0. The van der Waals surface area contributed by atoms with Crippen LogP contribution < -0.4 is 0 Å². The van der Waals surface area contributed by atoms with Crippen molar-refractivity contribution < 1.29 is 14.6 Å². The van der Waals surface area contributed by atoms with Crippen LogP contribution in [0.15, 0.2) is 12.2 Å². The zero-order chi connectivity index (χ0) is 8.53. The molecule has 0 saturated carbocycles. The van der Waals surface area contributed by atoms with Gasteiger partial charge in [-0.3, -0.25) is 4.79 Å². The van der Waals surface area contributed by atoms with Crippen LogP contribution in [-0.2, 0) is 9.53 Å². The van der Waals surface area contributed by atoms with E-state index in [1.165, 1.54) is 0 Å². The molecule has 0 aromatic carbocycles. The topological polar surface area (TPSA) is 46.5 Å². The fraction of sp³-hybridized carbons (Fsp3) is 0.625. The van der Waals surface area contributed by atoms with E-state index in [-0.39, 0.29) is 12.6 Å². The minimum absolute atomic E-state index is 0.0306. The summed E-state index contributed by atoms with van der Waals surface area (Å²) in [6.07, 6.45) is 4.40. The molecule has 0 spiro atoms. The van der Waals surface area contributed by atoms with Gasteiger partial charge in [0.15, 0.2) is 0 Å². The molecule has 64 valence electrons. The molecule has 0 rings (SSSR count). The lowest BCUT2D eigenvalue weighted by atomic mass is 10.3. The van der Waals surface area contributed by atoms with Gasteiger partial charge in [-0.2, -0.15) is 0 Å². The Bertz CT molecular complexity index is 129. The Labute approximate surface area is 66.7 Å². The molecule has 0 aromatic rings. The van der Waals surface area contributed by atoms with E-state index < -0.39 is 0 Å². The van der Waals surface area contributed by atoms with E-state index in [1.807, 2.05) is 0 Å². The molecule has 0 aliphatic heterocycles. The van der Waals surface area contributed by atoms with Gasteiger partial charge in [-0.15, -0.1) is 0 Å². The predicted octanol–water partition coefficient (Wildman–Crippen LogP) is 0.878. The first kappa shape index (κ1) is 10.2. The van der Waals surface area contributed by atoms with E-state index in [1.54, 1.807) is 19.1 Å². The summed E-state index contributed by atoms with van der Waals surface area (Å²) in [5.74, 6) is -0.185. The molecule has 0 saturated heterocycles. The molecule has 0 aromatic heterocycles. The summed E-state index contributed by atoms with van der Waals surface area (Å²) in [4.78, 5) is 10.7. The minimum Gasteiger partial charge on any atom is -0.466 e. The number of carbonyl (C=O) groups is 1. The van der Waals surface area contributed by atoms with Crippen LogP contribution in [0.3, 0.4) is 0 Å². The second-order valence-electron chi connectivity index (χ2n) is 2.00. The van der Waals surface area contributed by atoms with Crippen molar-refractivity contribution in [3.8, 4) is 0 Å². The average Bonchev–Trinajstić information content (AvgIpc) is 1.99. The fourth-order valence-corrected chi connectivity index (χ4v) is 0.627. The van der Waals surface area contributed by atoms with Crippen molar-refractivity contribution in [2.75, 3.05) is 13.2 Å². The van der Waals surface area contributed by atoms with Gasteiger partial charge in [-0.05, 0) is 13.3 Å². The molecule has 0 radical (unpaired) electrons. The van der Waals surface area contributed by atoms with Gasteiger partial charge in [-0.25, -0.2) is 0 Å². The second kappa shape index (κ2) is 7.28. The van der Waals surface area contributed by atoms with Crippen LogP contribution in [-0.4, -0.2) is 24.3 Å². The molecule has 3 nitrogen and oxygen atoms in total. The lowest BCUT2D eigenvalue weighted by molar-refractivity contribution is -0.142. The molecule has 11 heavy (non-hydrogen) atoms. The van der Waals surface area contributed by atoms with E-state index in [2.05, 4.69) is 4.74 Å². The number of ether oxygens (including phenoxy) is 1. The molecule has 0 atom stereocenters. The van der Waals surface area contributed by atoms with E-state index in [0.717, 1.165) is 0 Å². The maximum absolute atomic E-state index is 10.7. The number of rotatable bonds is 5. The zero-order valence-electron chi connectivity index (χ0n) is 6.75. The normalized spacial score (nSPS) is 10.4. The predicted molar refractivity (Wildman–Crippen MR) is 42.1 cm³/mol. The number of hydrogen-bond donors (Lipinski definition) is 1. The summed E-state index contributed by atoms with van der Waals surface area (Å²) >= 11 is 0. The van der Waals surface area contributed by atoms with Gasteiger partial charge in [0.1, 0.15) is 0 Å². The first-order chi connectivity index (χ1) is 5.31. The Morgan fingerprint density at radius 1 is 1.55 bits per heavy atom. The number of carbonyl (C=O) groups excluding carboxylic acids is 1. The van der Waals surface area contributed by atoms with Crippen LogP contribution in [0.5, 0.6) is 0 Å². The smallest absolute Gasteiger partial charge is 0.306 e. The van der Waals surface area contributed by atoms with Gasteiger partial charge in [0.2, 0.25) is 0 Å². The molecular formula is C8H14O3. The number of aliphatic hydroxyl groups is 1. The zero-order valence-corrected chi connectivity index (χ0v) is 6.75. The van der Waals surface area contributed by atoms with Crippen LogP contribution in [0.1, 0.15) is 19.8 Å². The lowest BCUT2D eigenvalue weighted by Gasteiger charge is -1.97. The first-order valence-corrected chi connectivity index (χ1v) is 3.72. The van der Waals surface area contributed by atoms with Gasteiger partial charge in [-0.1, -0.05) is 12.2 Å². The van der Waals surface area contributed by atoms with Crippen LogP contribution >= 0.6 is 0 Å². The number of esters is 1. The summed E-state index contributed by atoms with van der Waals surface area (Å²) in [5, 5.41) is 8.33. The molecule has 0 heterocycles. The van der Waals surface area contributed by atoms with E-state index in [0.29, 0.717) is 19.4 Å². The van der Waals surface area contributed by atoms with Crippen LogP contribution in [0.25, 0.3) is 0 Å². The van der Waals surface area contributed by atoms with Gasteiger partial charge < -0.3 is 9.84 Å². The van der Waals surface area contributed by atoms with Crippen LogP contribution in [0.4, 0.5) is 0 Å². The van der Waals surface area contributed by atoms with E-state index in [9.17, 15) is 4.79 Å². The van der Waals surface area contributed by atoms with E-state index >= 15 is 0 Å². The highest BCUT2D eigenvalue weighted by molar-refractivity contribution is 5.69. The molecule has 0 amide bonds. The molecule has 0 fully saturated rings. The monoisotopic (exact) mass is 158 g/mol. The summed E-state index contributed by atoms with van der Waals surface area (Å²) in [7, 11) is 0. The van der Waals surface area contributed by atoms with Gasteiger partial charge in [0, 0.05) is 6.42 Å². The Balaban J connectivity index is 3.24. The maximum atomic E-state index is 10.7. The average molecular weight is 158 g/mol. The molecule has 3 heteroatoms. The highest BCUT2D eigenvalue weighted by Gasteiger charge is 1.97. The van der Waals surface area contributed by atoms with Gasteiger partial charge >= 0.3 is 5.97 Å². The van der Waals surface area contributed by atoms with Crippen molar-refractivity contribution in [3.63, 3.8) is 0 Å². The first-order valence-electron chi connectivity index (χ1n) is 3.72. The number of aliphatic hydroxyl groups excluding tert-OH is 1. The van der Waals surface area contributed by atoms with Gasteiger partial charge in [0.05, 0.1) is 13.2 Å². The third kappa shape index (κ3) is 7.06. The molecule has 0 bridgehead atoms. The van der Waals surface area contributed by atoms with Crippen molar-refractivity contribution in [2.45, 2.75) is 19.8 Å². The van der Waals surface area contributed by atoms with E-state index in [4.69, 9.17) is 5.11 Å². The molecule has 0 aliphatic carbocycles. The quantitative estimate of drug-likeness (QED) is 0.477. The highest BCUT2D eigenvalue weighted by atomic mass is 16.5. The van der Waals surface area contributed by atoms with Crippen molar-refractivity contribution in [3.05, 3.63) is 12.2 Å². The standard InChI is InChI=1S/C8H14O3/c1-2-11-8(10)6-4-3-5-7-9/h3,5,9H,2,4,6-7H2,1H3/b5-3-. The molecule has 0 unspecified atom stereocenters. The van der Waals surface area contributed by atoms with Gasteiger partial charge in [0.25, 0.3) is 0 Å². The Kier molecular flexibility index (Phi) is 6.73. The lowest BCUT2D eigenvalue weighted by Crippen LogP contribution is -2.02. The SMILES string of the molecule is CCOC(=O)CC/C=C\CO. The van der Waals surface area contributed by atoms with Crippen molar-refractivity contribution in [1.82, 2.24) is 0 Å². The third-order valence-electron chi connectivity index (χ3n) is 1.09. The number of hydrogen-bond acceptors (Lipinski definition) is 3. The number of allylic oxidation sites excluding steroid dienone is 1. The Morgan fingerprint density at radius 2 is 2.27 bits per heavy atom. The third-order valence-corrected chi connectivity index (χ3v) is 1.09. The van der Waals surface area contributed by atoms with Crippen molar-refractivity contribution in [1.29, 1.82) is 0 Å². The van der Waals surface area contributed by atoms with Crippen LogP contribution in [0, 0.1) is 0 Å².